The van der Waals surface area contributed by atoms with Crippen molar-refractivity contribution in [2.24, 2.45) is 0 Å². The van der Waals surface area contributed by atoms with Crippen LogP contribution in [-0.2, 0) is 11.2 Å². The number of pyridine rings is 1. The smallest absolute Gasteiger partial charge is 0.0617 e. The maximum Gasteiger partial charge on any atom is 0.0617 e. The quantitative estimate of drug-likeness (QED) is 0.770. The first-order valence-corrected chi connectivity index (χ1v) is 4.81. The normalized spacial score (nSPS) is 12.8. The Morgan fingerprint density at radius 2 is 2.29 bits per heavy atom. The average Bonchev–Trinajstić information content (AvgIpc) is 2.18. The number of aromatic nitrogens is 1. The van der Waals surface area contributed by atoms with Crippen molar-refractivity contribution in [3.8, 4) is 0 Å². The Bertz CT molecular complexity index is 258. The summed E-state index contributed by atoms with van der Waals surface area (Å²) in [6.07, 6.45) is 2.72. The molecule has 0 bridgehead atoms. The van der Waals surface area contributed by atoms with Gasteiger partial charge in [0.1, 0.15) is 0 Å². The van der Waals surface area contributed by atoms with Gasteiger partial charge in [-0.15, -0.1) is 0 Å². The van der Waals surface area contributed by atoms with Gasteiger partial charge in [0.15, 0.2) is 0 Å². The second-order valence-electron chi connectivity index (χ2n) is 3.47. The lowest BCUT2D eigenvalue weighted by atomic mass is 10.1. The monoisotopic (exact) mass is 195 g/mol. The van der Waals surface area contributed by atoms with Crippen LogP contribution in [0.4, 0.5) is 0 Å². The predicted octanol–water partition coefficient (Wildman–Crippen LogP) is 1.33. The number of hydrogen-bond acceptors (Lipinski definition) is 3. The van der Waals surface area contributed by atoms with Crippen molar-refractivity contribution in [1.29, 1.82) is 0 Å². The molecule has 14 heavy (non-hydrogen) atoms. The van der Waals surface area contributed by atoms with E-state index in [-0.39, 0.29) is 6.10 Å². The van der Waals surface area contributed by atoms with Crippen LogP contribution in [-0.4, -0.2) is 29.9 Å². The molecule has 0 aliphatic rings. The minimum atomic E-state index is -0.356. The predicted molar refractivity (Wildman–Crippen MR) is 55.2 cm³/mol. The third kappa shape index (κ3) is 3.85. The van der Waals surface area contributed by atoms with Gasteiger partial charge in [0.2, 0.25) is 0 Å². The molecule has 0 aliphatic carbocycles. The number of rotatable bonds is 5. The molecule has 1 heterocycles. The van der Waals surface area contributed by atoms with E-state index < -0.39 is 0 Å². The van der Waals surface area contributed by atoms with Crippen LogP contribution in [0.5, 0.6) is 0 Å². The Kier molecular flexibility index (Phi) is 4.56. The summed E-state index contributed by atoms with van der Waals surface area (Å²) in [6.45, 7) is 2.59. The van der Waals surface area contributed by atoms with Gasteiger partial charge in [-0.05, 0) is 25.0 Å². The van der Waals surface area contributed by atoms with Crippen LogP contribution < -0.4 is 0 Å². The highest BCUT2D eigenvalue weighted by Gasteiger charge is 2.05. The van der Waals surface area contributed by atoms with Crippen molar-refractivity contribution in [2.45, 2.75) is 25.9 Å². The van der Waals surface area contributed by atoms with E-state index in [2.05, 4.69) is 4.98 Å². The topological polar surface area (TPSA) is 42.4 Å². The molecule has 0 saturated heterocycles. The lowest BCUT2D eigenvalue weighted by molar-refractivity contribution is 0.109. The van der Waals surface area contributed by atoms with Gasteiger partial charge >= 0.3 is 0 Å². The highest BCUT2D eigenvalue weighted by molar-refractivity contribution is 5.12. The number of aliphatic hydroxyl groups excluding tert-OH is 1. The molecule has 3 heteroatoms. The molecule has 1 rings (SSSR count). The summed E-state index contributed by atoms with van der Waals surface area (Å²) < 4.78 is 4.89. The van der Waals surface area contributed by atoms with Crippen LogP contribution in [0.1, 0.15) is 17.7 Å². The summed E-state index contributed by atoms with van der Waals surface area (Å²) in [5, 5.41) is 9.58. The summed E-state index contributed by atoms with van der Waals surface area (Å²) in [5.74, 6) is 0. The molecule has 1 aromatic heterocycles. The zero-order chi connectivity index (χ0) is 10.4. The van der Waals surface area contributed by atoms with Crippen LogP contribution in [0.15, 0.2) is 18.3 Å². The molecule has 1 atom stereocenters. The van der Waals surface area contributed by atoms with E-state index in [1.54, 1.807) is 7.11 Å². The van der Waals surface area contributed by atoms with Gasteiger partial charge in [-0.2, -0.15) is 0 Å². The summed E-state index contributed by atoms with van der Waals surface area (Å²) in [6, 6.07) is 3.96. The number of aliphatic hydroxyl groups is 1. The molecule has 78 valence electrons. The Hall–Kier alpha value is -0.930. The van der Waals surface area contributed by atoms with Crippen molar-refractivity contribution >= 4 is 0 Å². The number of nitrogens with zero attached hydrogens (tertiary/aromatic N) is 1. The molecule has 1 N–H and O–H groups in total. The first-order chi connectivity index (χ1) is 6.72. The molecular weight excluding hydrogens is 178 g/mol. The van der Waals surface area contributed by atoms with Crippen molar-refractivity contribution in [1.82, 2.24) is 4.98 Å². The largest absolute Gasteiger partial charge is 0.393 e. The van der Waals surface area contributed by atoms with Crippen molar-refractivity contribution < 1.29 is 9.84 Å². The first kappa shape index (κ1) is 11.1. The number of ether oxygens (including phenoxy) is 1. The molecular formula is C11H17NO2. The molecule has 0 aromatic carbocycles. The average molecular weight is 195 g/mol. The van der Waals surface area contributed by atoms with Crippen molar-refractivity contribution in [2.75, 3.05) is 13.7 Å². The van der Waals surface area contributed by atoms with Gasteiger partial charge in [0.25, 0.3) is 0 Å². The van der Waals surface area contributed by atoms with Gasteiger partial charge in [0.05, 0.1) is 6.10 Å². The summed E-state index contributed by atoms with van der Waals surface area (Å²) in [7, 11) is 1.64. The SMILES string of the molecule is COCCC(O)Cc1ccc(C)cn1. The molecule has 0 radical (unpaired) electrons. The zero-order valence-corrected chi connectivity index (χ0v) is 8.73. The molecule has 0 amide bonds. The highest BCUT2D eigenvalue weighted by atomic mass is 16.5. The Morgan fingerprint density at radius 3 is 2.86 bits per heavy atom. The van der Waals surface area contributed by atoms with Crippen LogP contribution in [0, 0.1) is 6.92 Å². The van der Waals surface area contributed by atoms with Crippen molar-refractivity contribution in [3.63, 3.8) is 0 Å². The van der Waals surface area contributed by atoms with E-state index in [0.717, 1.165) is 11.3 Å². The number of aryl methyl sites for hydroxylation is 1. The molecule has 1 aromatic rings. The van der Waals surface area contributed by atoms with Crippen LogP contribution in [0.25, 0.3) is 0 Å². The highest BCUT2D eigenvalue weighted by Crippen LogP contribution is 2.04. The molecule has 0 saturated carbocycles. The minimum Gasteiger partial charge on any atom is -0.393 e. The fraction of sp³-hybridized carbons (Fsp3) is 0.545. The first-order valence-electron chi connectivity index (χ1n) is 4.81. The third-order valence-electron chi connectivity index (χ3n) is 2.07. The molecule has 1 unspecified atom stereocenters. The standard InChI is InChI=1S/C11H17NO2/c1-9-3-4-10(12-8-9)7-11(13)5-6-14-2/h3-4,8,11,13H,5-7H2,1-2H3. The van der Waals surface area contributed by atoms with Crippen molar-refractivity contribution in [3.05, 3.63) is 29.6 Å². The van der Waals surface area contributed by atoms with Gasteiger partial charge in [-0.1, -0.05) is 6.07 Å². The maximum absolute atomic E-state index is 9.58. The summed E-state index contributed by atoms with van der Waals surface area (Å²) in [4.78, 5) is 4.23. The number of hydrogen-bond donors (Lipinski definition) is 1. The molecule has 0 aliphatic heterocycles. The van der Waals surface area contributed by atoms with E-state index in [9.17, 15) is 5.11 Å². The Labute approximate surface area is 84.7 Å². The lowest BCUT2D eigenvalue weighted by Gasteiger charge is -2.09. The number of methoxy groups -OCH3 is 1. The maximum atomic E-state index is 9.58. The van der Waals surface area contributed by atoms with E-state index in [0.29, 0.717) is 19.4 Å². The van der Waals surface area contributed by atoms with Crippen LogP contribution in [0.2, 0.25) is 0 Å². The van der Waals surface area contributed by atoms with Crippen LogP contribution >= 0.6 is 0 Å². The van der Waals surface area contributed by atoms with E-state index in [1.807, 2.05) is 25.3 Å². The van der Waals surface area contributed by atoms with Gasteiger partial charge < -0.3 is 9.84 Å². The molecule has 3 nitrogen and oxygen atoms in total. The molecule has 0 spiro atoms. The zero-order valence-electron chi connectivity index (χ0n) is 8.73. The van der Waals surface area contributed by atoms with Crippen LogP contribution in [0.3, 0.4) is 0 Å². The Morgan fingerprint density at radius 1 is 1.50 bits per heavy atom. The second-order valence-corrected chi connectivity index (χ2v) is 3.47. The summed E-state index contributed by atoms with van der Waals surface area (Å²) >= 11 is 0. The van der Waals surface area contributed by atoms with Gasteiger partial charge in [-0.25, -0.2) is 0 Å². The minimum absolute atomic E-state index is 0.356. The summed E-state index contributed by atoms with van der Waals surface area (Å²) in [5.41, 5.74) is 2.07. The van der Waals surface area contributed by atoms with E-state index in [1.165, 1.54) is 0 Å². The van der Waals surface area contributed by atoms with E-state index in [4.69, 9.17) is 4.74 Å². The van der Waals surface area contributed by atoms with E-state index >= 15 is 0 Å². The van der Waals surface area contributed by atoms with Gasteiger partial charge in [0, 0.05) is 32.0 Å². The van der Waals surface area contributed by atoms with Gasteiger partial charge in [-0.3, -0.25) is 4.98 Å². The molecule has 0 fully saturated rings. The fourth-order valence-corrected chi connectivity index (χ4v) is 1.22. The Balaban J connectivity index is 2.39. The third-order valence-corrected chi connectivity index (χ3v) is 2.07. The lowest BCUT2D eigenvalue weighted by Crippen LogP contribution is -2.13. The fourth-order valence-electron chi connectivity index (χ4n) is 1.22. The second kappa shape index (κ2) is 5.73.